The van der Waals surface area contributed by atoms with Crippen molar-refractivity contribution in [2.75, 3.05) is 12.3 Å². The number of carbonyl (C=O) groups excluding carboxylic acids is 1. The van der Waals surface area contributed by atoms with Crippen LogP contribution in [-0.2, 0) is 11.3 Å². The molecule has 0 radical (unpaired) electrons. The number of allylic oxidation sites excluding steroid dienone is 1. The van der Waals surface area contributed by atoms with Gasteiger partial charge in [0.25, 0.3) is 5.91 Å². The Bertz CT molecular complexity index is 597. The molecule has 1 fully saturated rings. The summed E-state index contributed by atoms with van der Waals surface area (Å²) in [4.78, 5) is 18.2. The summed E-state index contributed by atoms with van der Waals surface area (Å²) in [5.74, 6) is 0.246. The predicted octanol–water partition coefficient (Wildman–Crippen LogP) is 2.01. The Morgan fingerprint density at radius 2 is 2.27 bits per heavy atom. The molecule has 1 aromatic rings. The highest BCUT2D eigenvalue weighted by molar-refractivity contribution is 9.18. The van der Waals surface area contributed by atoms with Crippen LogP contribution < -0.4 is 11.5 Å². The SMILES string of the molecule is N=C(Br)/C=C(\N)C(=O)N(Cc1ccncc1N)CC1CCC1. The molecule has 2 rings (SSSR count). The second kappa shape index (κ2) is 7.40. The second-order valence-electron chi connectivity index (χ2n) is 5.50. The first-order chi connectivity index (χ1) is 10.5. The van der Waals surface area contributed by atoms with Crippen LogP contribution in [0.1, 0.15) is 24.8 Å². The fourth-order valence-corrected chi connectivity index (χ4v) is 2.62. The van der Waals surface area contributed by atoms with Gasteiger partial charge in [0.2, 0.25) is 0 Å². The smallest absolute Gasteiger partial charge is 0.270 e. The zero-order valence-corrected chi connectivity index (χ0v) is 13.8. The van der Waals surface area contributed by atoms with Crippen molar-refractivity contribution in [3.63, 3.8) is 0 Å². The number of nitrogen functional groups attached to an aromatic ring is 1. The Morgan fingerprint density at radius 3 is 2.82 bits per heavy atom. The minimum absolute atomic E-state index is 0.0498. The number of nitrogens with two attached hydrogens (primary N) is 2. The summed E-state index contributed by atoms with van der Waals surface area (Å²) in [6, 6.07) is 1.81. The molecule has 1 amide bonds. The van der Waals surface area contributed by atoms with Crippen LogP contribution in [0.25, 0.3) is 0 Å². The Hall–Kier alpha value is -1.89. The normalized spacial score (nSPS) is 15.2. The largest absolute Gasteiger partial charge is 0.397 e. The molecule has 1 heterocycles. The van der Waals surface area contributed by atoms with Gasteiger partial charge in [0.15, 0.2) is 0 Å². The highest BCUT2D eigenvalue weighted by atomic mass is 79.9. The number of halogens is 1. The molecule has 6 nitrogen and oxygen atoms in total. The van der Waals surface area contributed by atoms with Crippen molar-refractivity contribution >= 4 is 32.1 Å². The topological polar surface area (TPSA) is 109 Å². The molecule has 1 aromatic heterocycles. The lowest BCUT2D eigenvalue weighted by atomic mass is 9.85. The van der Waals surface area contributed by atoms with E-state index in [1.165, 1.54) is 12.5 Å². The number of nitrogens with zero attached hydrogens (tertiary/aromatic N) is 2. The van der Waals surface area contributed by atoms with Crippen molar-refractivity contribution in [1.29, 1.82) is 5.41 Å². The van der Waals surface area contributed by atoms with Crippen molar-refractivity contribution in [3.05, 3.63) is 35.8 Å². The Labute approximate surface area is 138 Å². The van der Waals surface area contributed by atoms with E-state index in [9.17, 15) is 4.79 Å². The maximum atomic E-state index is 12.5. The summed E-state index contributed by atoms with van der Waals surface area (Å²) in [6.45, 7) is 1.05. The summed E-state index contributed by atoms with van der Waals surface area (Å²) < 4.78 is 0.0744. The zero-order valence-electron chi connectivity index (χ0n) is 12.3. The summed E-state index contributed by atoms with van der Waals surface area (Å²) in [6.07, 6.45) is 8.02. The van der Waals surface area contributed by atoms with Gasteiger partial charge in [0.1, 0.15) is 5.70 Å². The van der Waals surface area contributed by atoms with E-state index in [0.29, 0.717) is 24.7 Å². The Morgan fingerprint density at radius 1 is 1.55 bits per heavy atom. The van der Waals surface area contributed by atoms with Crippen molar-refractivity contribution in [2.24, 2.45) is 11.7 Å². The number of anilines is 1. The van der Waals surface area contributed by atoms with E-state index in [0.717, 1.165) is 18.4 Å². The van der Waals surface area contributed by atoms with Crippen LogP contribution in [0.15, 0.2) is 30.2 Å². The molecule has 5 N–H and O–H groups in total. The maximum absolute atomic E-state index is 12.5. The van der Waals surface area contributed by atoms with Crippen molar-refractivity contribution < 1.29 is 4.79 Å². The highest BCUT2D eigenvalue weighted by Gasteiger charge is 2.25. The van der Waals surface area contributed by atoms with Crippen LogP contribution in [0.4, 0.5) is 5.69 Å². The van der Waals surface area contributed by atoms with E-state index in [-0.39, 0.29) is 16.2 Å². The summed E-state index contributed by atoms with van der Waals surface area (Å²) >= 11 is 2.97. The van der Waals surface area contributed by atoms with Gasteiger partial charge in [-0.15, -0.1) is 0 Å². The van der Waals surface area contributed by atoms with Gasteiger partial charge in [-0.2, -0.15) is 0 Å². The Kier molecular flexibility index (Phi) is 5.54. The number of aromatic nitrogens is 1. The first-order valence-electron chi connectivity index (χ1n) is 7.16. The molecule has 0 unspecified atom stereocenters. The van der Waals surface area contributed by atoms with Crippen LogP contribution in [0.2, 0.25) is 0 Å². The first-order valence-corrected chi connectivity index (χ1v) is 7.95. The zero-order chi connectivity index (χ0) is 16.1. The third-order valence-electron chi connectivity index (χ3n) is 3.83. The highest BCUT2D eigenvalue weighted by Crippen LogP contribution is 2.28. The molecule has 7 heteroatoms. The number of pyridine rings is 1. The molecule has 0 bridgehead atoms. The van der Waals surface area contributed by atoms with E-state index in [1.807, 2.05) is 6.07 Å². The number of carbonyl (C=O) groups is 1. The minimum atomic E-state index is -0.271. The van der Waals surface area contributed by atoms with Gasteiger partial charge < -0.3 is 16.4 Å². The summed E-state index contributed by atoms with van der Waals surface area (Å²) in [5, 5.41) is 7.36. The summed E-state index contributed by atoms with van der Waals surface area (Å²) in [5.41, 5.74) is 13.2. The fraction of sp³-hybridized carbons (Fsp3) is 0.400. The molecule has 0 atom stereocenters. The van der Waals surface area contributed by atoms with Gasteiger partial charge in [-0.1, -0.05) is 6.42 Å². The van der Waals surface area contributed by atoms with Crippen molar-refractivity contribution in [1.82, 2.24) is 9.88 Å². The molecular formula is C15H20BrN5O. The van der Waals surface area contributed by atoms with Gasteiger partial charge >= 0.3 is 0 Å². The summed E-state index contributed by atoms with van der Waals surface area (Å²) in [7, 11) is 0. The van der Waals surface area contributed by atoms with Gasteiger partial charge in [-0.25, -0.2) is 0 Å². The molecule has 1 saturated carbocycles. The molecule has 1 aliphatic rings. The van der Waals surface area contributed by atoms with E-state index in [2.05, 4.69) is 20.9 Å². The van der Waals surface area contributed by atoms with Gasteiger partial charge in [0.05, 0.1) is 16.5 Å². The lowest BCUT2D eigenvalue weighted by Gasteiger charge is -2.32. The predicted molar refractivity (Wildman–Crippen MR) is 90.3 cm³/mol. The molecule has 118 valence electrons. The molecule has 1 aliphatic carbocycles. The van der Waals surface area contributed by atoms with E-state index >= 15 is 0 Å². The maximum Gasteiger partial charge on any atom is 0.270 e. The number of hydrogen-bond donors (Lipinski definition) is 3. The van der Waals surface area contributed by atoms with Crippen LogP contribution in [-0.4, -0.2) is 27.0 Å². The van der Waals surface area contributed by atoms with E-state index in [4.69, 9.17) is 16.9 Å². The molecule has 22 heavy (non-hydrogen) atoms. The molecule has 0 saturated heterocycles. The average Bonchev–Trinajstić information content (AvgIpc) is 2.41. The lowest BCUT2D eigenvalue weighted by molar-refractivity contribution is -0.128. The molecular weight excluding hydrogens is 346 g/mol. The third-order valence-corrected chi connectivity index (χ3v) is 4.06. The van der Waals surface area contributed by atoms with Crippen molar-refractivity contribution in [3.8, 4) is 0 Å². The number of rotatable bonds is 6. The fourth-order valence-electron chi connectivity index (χ4n) is 2.37. The molecule has 0 aliphatic heterocycles. The minimum Gasteiger partial charge on any atom is -0.397 e. The third kappa shape index (κ3) is 4.30. The van der Waals surface area contributed by atoms with Crippen LogP contribution >= 0.6 is 15.9 Å². The van der Waals surface area contributed by atoms with Crippen LogP contribution in [0.5, 0.6) is 0 Å². The van der Waals surface area contributed by atoms with Crippen LogP contribution in [0.3, 0.4) is 0 Å². The average molecular weight is 366 g/mol. The van der Waals surface area contributed by atoms with E-state index in [1.54, 1.807) is 17.3 Å². The second-order valence-corrected chi connectivity index (χ2v) is 6.36. The van der Waals surface area contributed by atoms with E-state index < -0.39 is 0 Å². The van der Waals surface area contributed by atoms with Crippen molar-refractivity contribution in [2.45, 2.75) is 25.8 Å². The Balaban J connectivity index is 2.16. The number of hydrogen-bond acceptors (Lipinski definition) is 5. The van der Waals surface area contributed by atoms with Crippen LogP contribution in [0, 0.1) is 11.3 Å². The first kappa shape index (κ1) is 16.5. The standard InChI is InChI=1S/C15H20BrN5O/c16-14(19)6-12(17)15(22)21(8-10-2-1-3-10)9-11-4-5-20-7-13(11)18/h4-7,10,19H,1-3,8-9,17-18H2/b12-6-,19-14?. The molecule has 0 spiro atoms. The number of nitrogens with one attached hydrogen (secondary N) is 1. The lowest BCUT2D eigenvalue weighted by Crippen LogP contribution is -2.39. The molecule has 0 aromatic carbocycles. The number of amides is 1. The van der Waals surface area contributed by atoms with Gasteiger partial charge in [-0.3, -0.25) is 15.2 Å². The quantitative estimate of drug-likeness (QED) is 0.528. The van der Waals surface area contributed by atoms with Gasteiger partial charge in [-0.05, 0) is 52.4 Å². The van der Waals surface area contributed by atoms with Gasteiger partial charge in [0, 0.05) is 19.3 Å². The monoisotopic (exact) mass is 365 g/mol.